The Morgan fingerprint density at radius 1 is 1.26 bits per heavy atom. The van der Waals surface area contributed by atoms with E-state index in [1.54, 1.807) is 0 Å². The Kier molecular flexibility index (Phi) is 4.48. The van der Waals surface area contributed by atoms with E-state index in [1.807, 2.05) is 20.8 Å². The minimum absolute atomic E-state index is 0.00994. The minimum Gasteiger partial charge on any atom is -0.388 e. The van der Waals surface area contributed by atoms with E-state index in [0.29, 0.717) is 32.6 Å². The van der Waals surface area contributed by atoms with Crippen LogP contribution in [0.4, 0.5) is 0 Å². The van der Waals surface area contributed by atoms with Gasteiger partial charge in [0.1, 0.15) is 0 Å². The Bertz CT molecular complexity index is 327. The van der Waals surface area contributed by atoms with Crippen LogP contribution in [-0.4, -0.2) is 48.6 Å². The van der Waals surface area contributed by atoms with Crippen molar-refractivity contribution in [3.63, 3.8) is 0 Å². The van der Waals surface area contributed by atoms with Gasteiger partial charge in [-0.05, 0) is 19.8 Å². The minimum atomic E-state index is -0.814. The Morgan fingerprint density at radius 3 is 2.42 bits per heavy atom. The van der Waals surface area contributed by atoms with Crippen molar-refractivity contribution < 1.29 is 19.4 Å². The summed E-state index contributed by atoms with van der Waals surface area (Å²) in [6.07, 6.45) is 1.21. The van der Waals surface area contributed by atoms with Crippen LogP contribution in [0, 0.1) is 11.8 Å². The molecule has 19 heavy (non-hydrogen) atoms. The van der Waals surface area contributed by atoms with Gasteiger partial charge in [-0.25, -0.2) is 0 Å². The van der Waals surface area contributed by atoms with Crippen molar-refractivity contribution in [1.29, 1.82) is 0 Å². The summed E-state index contributed by atoms with van der Waals surface area (Å²) in [5.41, 5.74) is -0.814. The molecular formula is C14H25NO4. The number of ether oxygens (including phenoxy) is 2. The molecule has 2 aliphatic rings. The number of rotatable bonds is 3. The molecule has 2 rings (SSSR count). The zero-order chi connectivity index (χ0) is 14.0. The molecule has 0 aliphatic carbocycles. The molecule has 4 atom stereocenters. The topological polar surface area (TPSA) is 67.8 Å². The summed E-state index contributed by atoms with van der Waals surface area (Å²) < 4.78 is 10.9. The predicted octanol–water partition coefficient (Wildman–Crippen LogP) is 0.704. The van der Waals surface area contributed by atoms with Gasteiger partial charge in [0.2, 0.25) is 5.91 Å². The second kappa shape index (κ2) is 5.77. The van der Waals surface area contributed by atoms with Gasteiger partial charge < -0.3 is 19.9 Å². The van der Waals surface area contributed by atoms with Crippen LogP contribution in [0.25, 0.3) is 0 Å². The van der Waals surface area contributed by atoms with Crippen molar-refractivity contribution in [3.8, 4) is 0 Å². The van der Waals surface area contributed by atoms with E-state index in [2.05, 4.69) is 5.32 Å². The van der Waals surface area contributed by atoms with E-state index < -0.39 is 5.60 Å². The van der Waals surface area contributed by atoms with Crippen molar-refractivity contribution in [2.24, 2.45) is 11.8 Å². The van der Waals surface area contributed by atoms with Crippen molar-refractivity contribution in [3.05, 3.63) is 0 Å². The van der Waals surface area contributed by atoms with Gasteiger partial charge in [0.25, 0.3) is 0 Å². The molecule has 110 valence electrons. The van der Waals surface area contributed by atoms with Crippen LogP contribution >= 0.6 is 0 Å². The third-order valence-corrected chi connectivity index (χ3v) is 4.56. The second-order valence-electron chi connectivity index (χ2n) is 5.99. The molecule has 2 N–H and O–H groups in total. The van der Waals surface area contributed by atoms with Crippen LogP contribution in [0.15, 0.2) is 0 Å². The highest BCUT2D eigenvalue weighted by atomic mass is 16.5. The van der Waals surface area contributed by atoms with E-state index in [9.17, 15) is 9.90 Å². The van der Waals surface area contributed by atoms with Crippen molar-refractivity contribution in [2.75, 3.05) is 19.8 Å². The molecule has 4 unspecified atom stereocenters. The summed E-state index contributed by atoms with van der Waals surface area (Å²) in [7, 11) is 0. The summed E-state index contributed by atoms with van der Waals surface area (Å²) in [4.78, 5) is 12.3. The van der Waals surface area contributed by atoms with Crippen LogP contribution in [0.3, 0.4) is 0 Å². The summed E-state index contributed by atoms with van der Waals surface area (Å²) >= 11 is 0. The molecular weight excluding hydrogens is 246 g/mol. The number of nitrogens with one attached hydrogen (secondary N) is 1. The predicted molar refractivity (Wildman–Crippen MR) is 70.7 cm³/mol. The first-order valence-corrected chi connectivity index (χ1v) is 7.16. The molecule has 1 amide bonds. The normalized spacial score (nSPS) is 38.1. The lowest BCUT2D eigenvalue weighted by molar-refractivity contribution is -0.129. The third kappa shape index (κ3) is 3.27. The number of aliphatic hydroxyl groups is 1. The molecule has 0 aromatic carbocycles. The maximum absolute atomic E-state index is 12.3. The molecule has 5 nitrogen and oxygen atoms in total. The molecule has 2 heterocycles. The van der Waals surface area contributed by atoms with Gasteiger partial charge in [-0.1, -0.05) is 6.92 Å². The Labute approximate surface area is 114 Å². The average molecular weight is 271 g/mol. The van der Waals surface area contributed by atoms with Gasteiger partial charge in [-0.2, -0.15) is 0 Å². The Morgan fingerprint density at radius 2 is 1.89 bits per heavy atom. The van der Waals surface area contributed by atoms with Crippen LogP contribution in [0.2, 0.25) is 0 Å². The molecule has 0 saturated carbocycles. The number of hydrogen-bond acceptors (Lipinski definition) is 4. The maximum Gasteiger partial charge on any atom is 0.226 e. The SMILES string of the molecule is CC1OC(C)C(C(=O)NCC2(O)CCOCC2)C1C. The molecule has 2 saturated heterocycles. The molecule has 0 spiro atoms. The smallest absolute Gasteiger partial charge is 0.226 e. The Balaban J connectivity index is 1.87. The standard InChI is InChI=1S/C14H25NO4/c1-9-10(2)19-11(3)12(9)13(16)15-8-14(17)4-6-18-7-5-14/h9-12,17H,4-8H2,1-3H3,(H,15,16). The van der Waals surface area contributed by atoms with E-state index in [0.717, 1.165) is 0 Å². The van der Waals surface area contributed by atoms with Gasteiger partial charge >= 0.3 is 0 Å². The van der Waals surface area contributed by atoms with E-state index >= 15 is 0 Å². The van der Waals surface area contributed by atoms with Crippen molar-refractivity contribution >= 4 is 5.91 Å². The first-order valence-electron chi connectivity index (χ1n) is 7.16. The summed E-state index contributed by atoms with van der Waals surface area (Å²) in [6, 6.07) is 0. The van der Waals surface area contributed by atoms with Gasteiger partial charge in [0.05, 0.1) is 23.7 Å². The molecule has 0 aromatic rings. The molecule has 2 aliphatic heterocycles. The fourth-order valence-corrected chi connectivity index (χ4v) is 3.02. The van der Waals surface area contributed by atoms with Crippen molar-refractivity contribution in [1.82, 2.24) is 5.32 Å². The fourth-order valence-electron chi connectivity index (χ4n) is 3.02. The van der Waals surface area contributed by atoms with Gasteiger partial charge in [-0.15, -0.1) is 0 Å². The lowest BCUT2D eigenvalue weighted by atomic mass is 9.88. The zero-order valence-electron chi connectivity index (χ0n) is 12.0. The summed E-state index contributed by atoms with van der Waals surface area (Å²) in [5, 5.41) is 13.2. The molecule has 5 heteroatoms. The van der Waals surface area contributed by atoms with Gasteiger partial charge in [-0.3, -0.25) is 4.79 Å². The quantitative estimate of drug-likeness (QED) is 0.793. The van der Waals surface area contributed by atoms with Gasteiger partial charge in [0, 0.05) is 32.6 Å². The van der Waals surface area contributed by atoms with Crippen LogP contribution in [0.5, 0.6) is 0 Å². The van der Waals surface area contributed by atoms with Gasteiger partial charge in [0.15, 0.2) is 0 Å². The largest absolute Gasteiger partial charge is 0.388 e. The molecule has 0 radical (unpaired) electrons. The van der Waals surface area contributed by atoms with E-state index in [1.165, 1.54) is 0 Å². The lowest BCUT2D eigenvalue weighted by Crippen LogP contribution is -2.49. The number of carbonyl (C=O) groups is 1. The van der Waals surface area contributed by atoms with E-state index in [4.69, 9.17) is 9.47 Å². The highest BCUT2D eigenvalue weighted by Crippen LogP contribution is 2.32. The summed E-state index contributed by atoms with van der Waals surface area (Å²) in [6.45, 7) is 7.40. The van der Waals surface area contributed by atoms with E-state index in [-0.39, 0.29) is 30.0 Å². The first-order chi connectivity index (χ1) is 8.93. The number of amides is 1. The highest BCUT2D eigenvalue weighted by Gasteiger charge is 2.42. The molecule has 0 bridgehead atoms. The second-order valence-corrected chi connectivity index (χ2v) is 5.99. The Hall–Kier alpha value is -0.650. The first kappa shape index (κ1) is 14.8. The number of carbonyl (C=O) groups excluding carboxylic acids is 1. The zero-order valence-corrected chi connectivity index (χ0v) is 12.0. The lowest BCUT2D eigenvalue weighted by Gasteiger charge is -2.32. The number of hydrogen-bond donors (Lipinski definition) is 2. The van der Waals surface area contributed by atoms with Crippen molar-refractivity contribution in [2.45, 2.75) is 51.4 Å². The average Bonchev–Trinajstić information content (AvgIpc) is 2.62. The molecule has 2 fully saturated rings. The third-order valence-electron chi connectivity index (χ3n) is 4.56. The highest BCUT2D eigenvalue weighted by molar-refractivity contribution is 5.80. The molecule has 0 aromatic heterocycles. The summed E-state index contributed by atoms with van der Waals surface area (Å²) in [5.74, 6) is 0.0713. The van der Waals surface area contributed by atoms with Crippen LogP contribution in [0.1, 0.15) is 33.6 Å². The van der Waals surface area contributed by atoms with Crippen LogP contribution in [-0.2, 0) is 14.3 Å². The fraction of sp³-hybridized carbons (Fsp3) is 0.929. The maximum atomic E-state index is 12.3. The van der Waals surface area contributed by atoms with Crippen LogP contribution < -0.4 is 5.32 Å². The monoisotopic (exact) mass is 271 g/mol.